The Kier molecular flexibility index (Phi) is 5.03. The zero-order valence-electron chi connectivity index (χ0n) is 8.69. The number of unbranched alkanes of at least 4 members (excludes halogenated alkanes) is 1. The Morgan fingerprint density at radius 3 is 2.60 bits per heavy atom. The predicted octanol–water partition coefficient (Wildman–Crippen LogP) is 3.36. The van der Waals surface area contributed by atoms with Crippen molar-refractivity contribution in [2.45, 2.75) is 25.7 Å². The lowest BCUT2D eigenvalue weighted by atomic mass is 10.1. The first-order valence-electron chi connectivity index (χ1n) is 5.14. The van der Waals surface area contributed by atoms with E-state index in [0.29, 0.717) is 12.0 Å². The number of aliphatic hydroxyl groups is 1. The van der Waals surface area contributed by atoms with Crippen molar-refractivity contribution in [3.8, 4) is 6.07 Å². The Labute approximate surface area is 90.5 Å². The molecule has 0 radical (unpaired) electrons. The lowest BCUT2D eigenvalue weighted by Crippen LogP contribution is -1.86. The van der Waals surface area contributed by atoms with E-state index in [-0.39, 0.29) is 0 Å². The molecule has 0 aromatic heterocycles. The van der Waals surface area contributed by atoms with Crippen LogP contribution < -0.4 is 0 Å². The van der Waals surface area contributed by atoms with Crippen LogP contribution in [0.3, 0.4) is 0 Å². The molecule has 2 heteroatoms. The van der Waals surface area contributed by atoms with Gasteiger partial charge in [0.15, 0.2) is 0 Å². The molecule has 0 heterocycles. The third-order valence-corrected chi connectivity index (χ3v) is 2.30. The summed E-state index contributed by atoms with van der Waals surface area (Å²) in [6, 6.07) is 12.2. The molecular weight excluding hydrogens is 186 g/mol. The maximum Gasteiger partial charge on any atom is 0.0979 e. The molecule has 0 aliphatic rings. The highest BCUT2D eigenvalue weighted by molar-refractivity contribution is 5.18. The van der Waals surface area contributed by atoms with Gasteiger partial charge in [-0.15, -0.1) is 0 Å². The number of aliphatic hydroxyl groups excluding tert-OH is 1. The molecule has 0 saturated heterocycles. The minimum Gasteiger partial charge on any atom is -0.515 e. The van der Waals surface area contributed by atoms with Crippen LogP contribution in [0.15, 0.2) is 42.2 Å². The second kappa shape index (κ2) is 6.67. The van der Waals surface area contributed by atoms with Crippen LogP contribution in [-0.4, -0.2) is 5.11 Å². The van der Waals surface area contributed by atoms with Gasteiger partial charge in [-0.2, -0.15) is 5.26 Å². The molecule has 1 aromatic rings. The Morgan fingerprint density at radius 2 is 2.00 bits per heavy atom. The average molecular weight is 201 g/mol. The fraction of sp³-hybridized carbons (Fsp3) is 0.308. The van der Waals surface area contributed by atoms with Crippen LogP contribution in [0.5, 0.6) is 0 Å². The lowest BCUT2D eigenvalue weighted by molar-refractivity contribution is 0.466. The quantitative estimate of drug-likeness (QED) is 0.451. The Morgan fingerprint density at radius 1 is 1.27 bits per heavy atom. The van der Waals surface area contributed by atoms with Gasteiger partial charge in [0.05, 0.1) is 17.9 Å². The van der Waals surface area contributed by atoms with E-state index in [9.17, 15) is 0 Å². The molecule has 0 amide bonds. The van der Waals surface area contributed by atoms with E-state index in [4.69, 9.17) is 10.4 Å². The maximum atomic E-state index is 8.66. The first kappa shape index (κ1) is 11.3. The zero-order valence-corrected chi connectivity index (χ0v) is 8.69. The highest BCUT2D eigenvalue weighted by Gasteiger charge is 1.96. The normalized spacial score (nSPS) is 11.0. The van der Waals surface area contributed by atoms with Gasteiger partial charge in [-0.25, -0.2) is 0 Å². The topological polar surface area (TPSA) is 44.0 Å². The summed E-state index contributed by atoms with van der Waals surface area (Å²) in [4.78, 5) is 0. The fourth-order valence-corrected chi connectivity index (χ4v) is 1.44. The molecular formula is C13H15NO. The van der Waals surface area contributed by atoms with Crippen molar-refractivity contribution in [1.82, 2.24) is 0 Å². The van der Waals surface area contributed by atoms with Crippen molar-refractivity contribution in [2.24, 2.45) is 0 Å². The summed E-state index contributed by atoms with van der Waals surface area (Å²) in [5.74, 6) is 0. The van der Waals surface area contributed by atoms with Crippen LogP contribution in [0, 0.1) is 11.3 Å². The number of aryl methyl sites for hydroxylation is 1. The highest BCUT2D eigenvalue weighted by Crippen LogP contribution is 2.09. The molecule has 15 heavy (non-hydrogen) atoms. The molecule has 0 bridgehead atoms. The van der Waals surface area contributed by atoms with E-state index < -0.39 is 0 Å². The number of hydrogen-bond acceptors (Lipinski definition) is 2. The smallest absolute Gasteiger partial charge is 0.0979 e. The van der Waals surface area contributed by atoms with Crippen molar-refractivity contribution in [3.05, 3.63) is 47.7 Å². The molecule has 0 unspecified atom stereocenters. The Bertz CT molecular complexity index is 349. The van der Waals surface area contributed by atoms with Crippen LogP contribution >= 0.6 is 0 Å². The maximum absolute atomic E-state index is 8.66. The molecule has 1 rings (SSSR count). The zero-order chi connectivity index (χ0) is 10.9. The molecule has 0 fully saturated rings. The monoisotopic (exact) mass is 201 g/mol. The van der Waals surface area contributed by atoms with Gasteiger partial charge in [0.1, 0.15) is 0 Å². The molecule has 0 atom stereocenters. The summed E-state index contributed by atoms with van der Waals surface area (Å²) in [5, 5.41) is 17.2. The molecule has 78 valence electrons. The number of rotatable bonds is 5. The average Bonchev–Trinajstić information content (AvgIpc) is 2.31. The summed E-state index contributed by atoms with van der Waals surface area (Å²) in [6.07, 6.45) is 4.59. The van der Waals surface area contributed by atoms with E-state index in [1.807, 2.05) is 24.3 Å². The van der Waals surface area contributed by atoms with Crippen molar-refractivity contribution < 1.29 is 5.11 Å². The second-order valence-corrected chi connectivity index (χ2v) is 3.46. The van der Waals surface area contributed by atoms with Crippen molar-refractivity contribution in [2.75, 3.05) is 0 Å². The number of allylic oxidation sites excluding steroid dienone is 1. The first-order valence-corrected chi connectivity index (χ1v) is 5.14. The van der Waals surface area contributed by atoms with E-state index in [2.05, 4.69) is 12.1 Å². The third kappa shape index (κ3) is 4.33. The number of hydrogen-bond donors (Lipinski definition) is 1. The molecule has 1 aromatic carbocycles. The number of benzene rings is 1. The molecule has 0 saturated carbocycles. The van der Waals surface area contributed by atoms with E-state index in [1.54, 1.807) is 0 Å². The van der Waals surface area contributed by atoms with E-state index >= 15 is 0 Å². The van der Waals surface area contributed by atoms with Gasteiger partial charge in [0.25, 0.3) is 0 Å². The van der Waals surface area contributed by atoms with Crippen LogP contribution in [0.1, 0.15) is 24.8 Å². The van der Waals surface area contributed by atoms with Gasteiger partial charge in [0, 0.05) is 0 Å². The van der Waals surface area contributed by atoms with Gasteiger partial charge in [-0.3, -0.25) is 0 Å². The van der Waals surface area contributed by atoms with Crippen LogP contribution in [0.2, 0.25) is 0 Å². The first-order chi connectivity index (χ1) is 7.36. The summed E-state index contributed by atoms with van der Waals surface area (Å²) < 4.78 is 0. The van der Waals surface area contributed by atoms with Gasteiger partial charge >= 0.3 is 0 Å². The third-order valence-electron chi connectivity index (χ3n) is 2.30. The SMILES string of the molecule is N#CC(=CO)CCCCc1ccccc1. The van der Waals surface area contributed by atoms with E-state index in [0.717, 1.165) is 25.5 Å². The van der Waals surface area contributed by atoms with Crippen LogP contribution in [0.4, 0.5) is 0 Å². The lowest BCUT2D eigenvalue weighted by Gasteiger charge is -2.00. The van der Waals surface area contributed by atoms with Crippen molar-refractivity contribution >= 4 is 0 Å². The summed E-state index contributed by atoms with van der Waals surface area (Å²) in [7, 11) is 0. The molecule has 2 nitrogen and oxygen atoms in total. The largest absolute Gasteiger partial charge is 0.515 e. The van der Waals surface area contributed by atoms with Gasteiger partial charge in [0.2, 0.25) is 0 Å². The molecule has 0 spiro atoms. The summed E-state index contributed by atoms with van der Waals surface area (Å²) >= 11 is 0. The molecule has 0 aliphatic carbocycles. The number of nitrogens with zero attached hydrogens (tertiary/aromatic N) is 1. The molecule has 1 N–H and O–H groups in total. The summed E-state index contributed by atoms with van der Waals surface area (Å²) in [6.45, 7) is 0. The van der Waals surface area contributed by atoms with Gasteiger partial charge in [-0.1, -0.05) is 30.3 Å². The summed E-state index contributed by atoms with van der Waals surface area (Å²) in [5.41, 5.74) is 1.78. The van der Waals surface area contributed by atoms with Crippen molar-refractivity contribution in [3.63, 3.8) is 0 Å². The Hall–Kier alpha value is -1.75. The minimum atomic E-state index is 0.461. The highest BCUT2D eigenvalue weighted by atomic mass is 16.2. The van der Waals surface area contributed by atoms with E-state index in [1.165, 1.54) is 5.56 Å². The number of nitriles is 1. The van der Waals surface area contributed by atoms with Crippen molar-refractivity contribution in [1.29, 1.82) is 5.26 Å². The van der Waals surface area contributed by atoms with Gasteiger partial charge in [-0.05, 0) is 31.2 Å². The standard InChI is InChI=1S/C13H15NO/c14-10-13(11-15)9-5-4-8-12-6-2-1-3-7-12/h1-3,6-7,11,15H,4-5,8-9H2. The predicted molar refractivity (Wildman–Crippen MR) is 60.3 cm³/mol. The second-order valence-electron chi connectivity index (χ2n) is 3.46. The molecule has 0 aliphatic heterocycles. The van der Waals surface area contributed by atoms with Crippen LogP contribution in [0.25, 0.3) is 0 Å². The Balaban J connectivity index is 2.21. The van der Waals surface area contributed by atoms with Gasteiger partial charge < -0.3 is 5.11 Å². The van der Waals surface area contributed by atoms with Crippen LogP contribution in [-0.2, 0) is 6.42 Å². The fourth-order valence-electron chi connectivity index (χ4n) is 1.44. The minimum absolute atomic E-state index is 0.461.